The second-order valence-corrected chi connectivity index (χ2v) is 3.45. The van der Waals surface area contributed by atoms with Crippen molar-refractivity contribution in [3.8, 4) is 0 Å². The van der Waals surface area contributed by atoms with Crippen LogP contribution in [0.5, 0.6) is 0 Å². The Labute approximate surface area is 101 Å². The van der Waals surface area contributed by atoms with E-state index in [4.69, 9.17) is 5.73 Å². The summed E-state index contributed by atoms with van der Waals surface area (Å²) in [5.41, 5.74) is 3.49. The Morgan fingerprint density at radius 2 is 1.89 bits per heavy atom. The van der Waals surface area contributed by atoms with Gasteiger partial charge in [0.2, 0.25) is 6.10 Å². The number of nitrogens with two attached hydrogens (primary N) is 1. The fourth-order valence-corrected chi connectivity index (χ4v) is 1.05. The molecule has 1 atom stereocenters. The van der Waals surface area contributed by atoms with Crippen molar-refractivity contribution in [3.63, 3.8) is 0 Å². The Bertz CT molecular complexity index is 443. The van der Waals surface area contributed by atoms with Crippen LogP contribution in [0, 0.1) is 0 Å². The number of nitrogens with zero attached hydrogens (tertiary/aromatic N) is 1. The van der Waals surface area contributed by atoms with Gasteiger partial charge in [-0.15, -0.1) is 0 Å². The SMILES string of the molecule is CC(ON=C(c1ccccc1)C(F)(F)F)C(N)=O. The molecular formula is C11H11F3N2O2. The number of amides is 1. The maximum Gasteiger partial charge on any atom is 0.437 e. The van der Waals surface area contributed by atoms with Crippen molar-refractivity contribution in [2.45, 2.75) is 19.2 Å². The minimum absolute atomic E-state index is 0.151. The highest BCUT2D eigenvalue weighted by Crippen LogP contribution is 2.22. The van der Waals surface area contributed by atoms with Crippen molar-refractivity contribution in [2.75, 3.05) is 0 Å². The van der Waals surface area contributed by atoms with Crippen LogP contribution in [0.3, 0.4) is 0 Å². The Hall–Kier alpha value is -2.05. The predicted molar refractivity (Wildman–Crippen MR) is 58.8 cm³/mol. The molecule has 1 unspecified atom stereocenters. The average molecular weight is 260 g/mol. The smallest absolute Gasteiger partial charge is 0.382 e. The van der Waals surface area contributed by atoms with Gasteiger partial charge in [-0.1, -0.05) is 35.5 Å². The molecule has 1 aromatic carbocycles. The number of oxime groups is 1. The van der Waals surface area contributed by atoms with E-state index in [0.717, 1.165) is 0 Å². The quantitative estimate of drug-likeness (QED) is 0.663. The lowest BCUT2D eigenvalue weighted by Crippen LogP contribution is -2.29. The summed E-state index contributed by atoms with van der Waals surface area (Å²) in [7, 11) is 0. The molecule has 1 rings (SSSR count). The monoisotopic (exact) mass is 260 g/mol. The van der Waals surface area contributed by atoms with Crippen molar-refractivity contribution in [1.29, 1.82) is 0 Å². The number of hydrogen-bond donors (Lipinski definition) is 1. The molecular weight excluding hydrogens is 249 g/mol. The van der Waals surface area contributed by atoms with Gasteiger partial charge in [-0.2, -0.15) is 13.2 Å². The highest BCUT2D eigenvalue weighted by atomic mass is 19.4. The van der Waals surface area contributed by atoms with Gasteiger partial charge in [0.1, 0.15) is 0 Å². The summed E-state index contributed by atoms with van der Waals surface area (Å²) in [6.45, 7) is 1.21. The van der Waals surface area contributed by atoms with Gasteiger partial charge >= 0.3 is 6.18 Å². The topological polar surface area (TPSA) is 64.7 Å². The third-order valence-electron chi connectivity index (χ3n) is 2.02. The molecule has 0 radical (unpaired) electrons. The van der Waals surface area contributed by atoms with Gasteiger partial charge < -0.3 is 10.6 Å². The zero-order valence-corrected chi connectivity index (χ0v) is 9.44. The second-order valence-electron chi connectivity index (χ2n) is 3.45. The Kier molecular flexibility index (Phi) is 4.30. The molecule has 7 heteroatoms. The molecule has 0 heterocycles. The Morgan fingerprint density at radius 3 is 2.33 bits per heavy atom. The number of alkyl halides is 3. The molecule has 0 aliphatic heterocycles. The molecule has 18 heavy (non-hydrogen) atoms. The first kappa shape index (κ1) is 14.0. The molecule has 0 aliphatic rings. The van der Waals surface area contributed by atoms with E-state index in [9.17, 15) is 18.0 Å². The first-order chi connectivity index (χ1) is 8.32. The van der Waals surface area contributed by atoms with Gasteiger partial charge in [0.05, 0.1) is 0 Å². The van der Waals surface area contributed by atoms with E-state index in [0.29, 0.717) is 0 Å². The molecule has 4 nitrogen and oxygen atoms in total. The maximum absolute atomic E-state index is 12.7. The lowest BCUT2D eigenvalue weighted by molar-refractivity contribution is -0.128. The lowest BCUT2D eigenvalue weighted by Gasteiger charge is -2.11. The van der Waals surface area contributed by atoms with Crippen LogP contribution in [-0.2, 0) is 9.63 Å². The van der Waals surface area contributed by atoms with E-state index in [1.807, 2.05) is 0 Å². The number of benzene rings is 1. The van der Waals surface area contributed by atoms with Crippen LogP contribution in [0.25, 0.3) is 0 Å². The number of carbonyl (C=O) groups is 1. The molecule has 0 spiro atoms. The highest BCUT2D eigenvalue weighted by Gasteiger charge is 2.38. The van der Waals surface area contributed by atoms with E-state index >= 15 is 0 Å². The summed E-state index contributed by atoms with van der Waals surface area (Å²) in [5, 5.41) is 2.98. The number of primary amides is 1. The molecule has 0 bridgehead atoms. The van der Waals surface area contributed by atoms with Gasteiger partial charge in [0.15, 0.2) is 5.71 Å². The molecule has 0 saturated carbocycles. The van der Waals surface area contributed by atoms with Crippen LogP contribution in [-0.4, -0.2) is 23.9 Å². The van der Waals surface area contributed by atoms with E-state index in [1.165, 1.54) is 31.2 Å². The molecule has 2 N–H and O–H groups in total. The van der Waals surface area contributed by atoms with Gasteiger partial charge in [0.25, 0.3) is 5.91 Å². The van der Waals surface area contributed by atoms with Gasteiger partial charge in [0, 0.05) is 5.56 Å². The van der Waals surface area contributed by atoms with E-state index in [1.54, 1.807) is 6.07 Å². The first-order valence-corrected chi connectivity index (χ1v) is 4.98. The zero-order chi connectivity index (χ0) is 13.8. The van der Waals surface area contributed by atoms with Crippen LogP contribution in [0.1, 0.15) is 12.5 Å². The standard InChI is InChI=1S/C11H11F3N2O2/c1-7(10(15)17)18-16-9(11(12,13)14)8-5-3-2-4-6-8/h2-7H,1H3,(H2,15,17). The number of hydrogen-bond acceptors (Lipinski definition) is 3. The second kappa shape index (κ2) is 5.52. The summed E-state index contributed by atoms with van der Waals surface area (Å²) in [4.78, 5) is 15.1. The average Bonchev–Trinajstić information content (AvgIpc) is 2.28. The number of carbonyl (C=O) groups excluding carboxylic acids is 1. The van der Waals surface area contributed by atoms with Crippen molar-refractivity contribution in [2.24, 2.45) is 10.9 Å². The summed E-state index contributed by atoms with van der Waals surface area (Å²) in [6, 6.07) is 6.93. The van der Waals surface area contributed by atoms with Crippen LogP contribution >= 0.6 is 0 Å². The number of halogens is 3. The minimum atomic E-state index is -4.68. The molecule has 0 aliphatic carbocycles. The molecule has 0 saturated heterocycles. The lowest BCUT2D eigenvalue weighted by atomic mass is 10.1. The van der Waals surface area contributed by atoms with Gasteiger partial charge in [-0.25, -0.2) is 0 Å². The number of rotatable bonds is 4. The molecule has 98 valence electrons. The summed E-state index contributed by atoms with van der Waals surface area (Å²) in [6.07, 6.45) is -5.91. The molecule has 1 aromatic rings. The van der Waals surface area contributed by atoms with Crippen molar-refractivity contribution in [3.05, 3.63) is 35.9 Å². The zero-order valence-electron chi connectivity index (χ0n) is 9.44. The maximum atomic E-state index is 12.7. The van der Waals surface area contributed by atoms with E-state index in [-0.39, 0.29) is 5.56 Å². The van der Waals surface area contributed by atoms with Crippen LogP contribution in [0.15, 0.2) is 35.5 Å². The highest BCUT2D eigenvalue weighted by molar-refractivity contribution is 6.04. The van der Waals surface area contributed by atoms with Crippen LogP contribution < -0.4 is 5.73 Å². The summed E-state index contributed by atoms with van der Waals surface area (Å²) >= 11 is 0. The molecule has 1 amide bonds. The molecule has 0 fully saturated rings. The van der Waals surface area contributed by atoms with E-state index in [2.05, 4.69) is 9.99 Å². The van der Waals surface area contributed by atoms with Crippen LogP contribution in [0.2, 0.25) is 0 Å². The van der Waals surface area contributed by atoms with Crippen molar-refractivity contribution in [1.82, 2.24) is 0 Å². The first-order valence-electron chi connectivity index (χ1n) is 4.98. The normalized spacial score (nSPS) is 14.1. The summed E-state index contributed by atoms with van der Waals surface area (Å²) < 4.78 is 38.2. The van der Waals surface area contributed by atoms with E-state index < -0.39 is 23.9 Å². The summed E-state index contributed by atoms with van der Waals surface area (Å²) in [5.74, 6) is -0.895. The third-order valence-corrected chi connectivity index (χ3v) is 2.02. The predicted octanol–water partition coefficient (Wildman–Crippen LogP) is 1.84. The largest absolute Gasteiger partial charge is 0.437 e. The fraction of sp³-hybridized carbons (Fsp3) is 0.273. The minimum Gasteiger partial charge on any atom is -0.382 e. The molecule has 0 aromatic heterocycles. The van der Waals surface area contributed by atoms with Gasteiger partial charge in [-0.3, -0.25) is 4.79 Å². The van der Waals surface area contributed by atoms with Crippen LogP contribution in [0.4, 0.5) is 13.2 Å². The Morgan fingerprint density at radius 1 is 1.33 bits per heavy atom. The Balaban J connectivity index is 3.01. The third kappa shape index (κ3) is 3.76. The van der Waals surface area contributed by atoms with Gasteiger partial charge in [-0.05, 0) is 6.92 Å². The fourth-order valence-electron chi connectivity index (χ4n) is 1.05. The van der Waals surface area contributed by atoms with Crippen molar-refractivity contribution < 1.29 is 22.8 Å². The van der Waals surface area contributed by atoms with Crippen molar-refractivity contribution >= 4 is 11.6 Å².